The predicted octanol–water partition coefficient (Wildman–Crippen LogP) is 6.93. The summed E-state index contributed by atoms with van der Waals surface area (Å²) in [7, 11) is 1.62. The van der Waals surface area contributed by atoms with Gasteiger partial charge in [0.2, 0.25) is 5.91 Å². The molecule has 7 N–H and O–H groups in total. The topological polar surface area (TPSA) is 262 Å². The third-order valence-corrected chi connectivity index (χ3v) is 17.3. The summed E-state index contributed by atoms with van der Waals surface area (Å²) in [6.07, 6.45) is 22.2. The second-order valence-electron chi connectivity index (χ2n) is 27.4. The normalized spacial score (nSPS) is 19.1. The molecule has 22 nitrogen and oxygen atoms in total. The summed E-state index contributed by atoms with van der Waals surface area (Å²) in [5, 5.41) is 28.1. The molecule has 9 heterocycles. The number of Topliss-reactive ketones (excluding diaryl/α,β-unsaturated/α-hetero) is 2. The van der Waals surface area contributed by atoms with Crippen molar-refractivity contribution in [1.82, 2.24) is 51.5 Å². The smallest absolute Gasteiger partial charge is 0.251 e. The van der Waals surface area contributed by atoms with Crippen LogP contribution in [0.3, 0.4) is 0 Å². The van der Waals surface area contributed by atoms with Gasteiger partial charge >= 0.3 is 0 Å². The fourth-order valence-corrected chi connectivity index (χ4v) is 12.0. The maximum Gasteiger partial charge on any atom is 0.251 e. The van der Waals surface area contributed by atoms with Crippen LogP contribution in [0.4, 0.5) is 0 Å². The van der Waals surface area contributed by atoms with Crippen LogP contribution in [-0.4, -0.2) is 225 Å². The van der Waals surface area contributed by atoms with Gasteiger partial charge < -0.3 is 51.5 Å². The van der Waals surface area contributed by atoms with E-state index in [1.807, 2.05) is 72.2 Å². The number of aliphatic imine (C=N–C) groups is 5. The molecular weight excluding hydrogens is 1200 g/mol. The Morgan fingerprint density at radius 3 is 1.24 bits per heavy atom. The van der Waals surface area contributed by atoms with Crippen molar-refractivity contribution in [3.05, 3.63) is 88.1 Å². The van der Waals surface area contributed by atoms with E-state index in [0.29, 0.717) is 94.1 Å². The van der Waals surface area contributed by atoms with Gasteiger partial charge in [-0.3, -0.25) is 58.7 Å². The Morgan fingerprint density at radius 2 is 0.832 bits per heavy atom. The van der Waals surface area contributed by atoms with Crippen LogP contribution >= 0.6 is 0 Å². The van der Waals surface area contributed by atoms with Crippen LogP contribution in [0, 0.1) is 11.8 Å². The number of hydrogen-bond donors (Lipinski definition) is 7. The summed E-state index contributed by atoms with van der Waals surface area (Å²) in [5.74, 6) is 6.78. The van der Waals surface area contributed by atoms with Crippen molar-refractivity contribution >= 4 is 58.5 Å². The number of rotatable bonds is 19. The SMILES string of the molecule is CC(C)NC1=NCC(C(=O)CN2CCCCC2)=C1.CC(C)NC1=NCC(C(=O)N2CCC(CO)CC2)=C1.CC(C)NC1=NCC(C(=O)N2CCCCC2)=C1.CCC1CCN(CC(=O)C2=CC(NC(C)C)=NC2)CC1.COc1ccccc1CNC(=O)C1=CC(NC(C)C)=NC1. The van der Waals surface area contributed by atoms with Crippen LogP contribution in [0.1, 0.15) is 152 Å². The predicted molar refractivity (Wildman–Crippen MR) is 385 cm³/mol. The highest BCUT2D eigenvalue weighted by atomic mass is 16.5. The molecule has 95 heavy (non-hydrogen) atoms. The van der Waals surface area contributed by atoms with E-state index in [0.717, 1.165) is 147 Å². The lowest BCUT2D eigenvalue weighted by Crippen LogP contribution is -2.40. The number of likely N-dealkylation sites (tertiary alicyclic amines) is 4. The minimum atomic E-state index is -0.0924. The quantitative estimate of drug-likeness (QED) is 0.0741. The van der Waals surface area contributed by atoms with E-state index in [9.17, 15) is 24.0 Å². The van der Waals surface area contributed by atoms with Crippen molar-refractivity contribution in [2.75, 3.05) is 112 Å². The van der Waals surface area contributed by atoms with Gasteiger partial charge in [-0.05, 0) is 201 Å². The number of carbonyl (C=O) groups is 5. The Balaban J connectivity index is 0.000000188. The summed E-state index contributed by atoms with van der Waals surface area (Å²) >= 11 is 0. The fraction of sp³-hybridized carbons (Fsp3) is 0.644. The molecule has 1 aromatic carbocycles. The molecule has 524 valence electrons. The van der Waals surface area contributed by atoms with Crippen molar-refractivity contribution in [1.29, 1.82) is 0 Å². The zero-order valence-electron chi connectivity index (χ0n) is 59.5. The molecule has 0 aromatic heterocycles. The van der Waals surface area contributed by atoms with Crippen LogP contribution in [-0.2, 0) is 30.5 Å². The number of amidine groups is 5. The van der Waals surface area contributed by atoms with Crippen molar-refractivity contribution in [3.63, 3.8) is 0 Å². The zero-order valence-corrected chi connectivity index (χ0v) is 59.5. The molecular formula is C73H115N15O7. The lowest BCUT2D eigenvalue weighted by molar-refractivity contribution is -0.129. The first-order valence-electron chi connectivity index (χ1n) is 35.3. The second-order valence-corrected chi connectivity index (χ2v) is 27.4. The number of hydrogen-bond acceptors (Lipinski definition) is 19. The van der Waals surface area contributed by atoms with Gasteiger partial charge in [0.05, 0.1) is 52.9 Å². The van der Waals surface area contributed by atoms with E-state index < -0.39 is 0 Å². The van der Waals surface area contributed by atoms with E-state index in [4.69, 9.17) is 9.84 Å². The summed E-state index contributed by atoms with van der Waals surface area (Å²) in [6, 6.07) is 9.34. The summed E-state index contributed by atoms with van der Waals surface area (Å²) < 4.78 is 5.27. The molecule has 0 unspecified atom stereocenters. The van der Waals surface area contributed by atoms with E-state index in [2.05, 4.69) is 129 Å². The Bertz CT molecular complexity index is 3010. The number of aliphatic hydroxyl groups excluding tert-OH is 1. The fourth-order valence-electron chi connectivity index (χ4n) is 12.0. The van der Waals surface area contributed by atoms with Crippen molar-refractivity contribution in [3.8, 4) is 5.75 Å². The molecule has 0 radical (unpaired) electrons. The second kappa shape index (κ2) is 40.3. The Labute approximate surface area is 567 Å². The van der Waals surface area contributed by atoms with Gasteiger partial charge in [0.15, 0.2) is 11.6 Å². The lowest BCUT2D eigenvalue weighted by atomic mass is 9.94. The molecule has 22 heteroatoms. The summed E-state index contributed by atoms with van der Waals surface area (Å²) in [5.41, 5.74) is 4.93. The molecule has 4 fully saturated rings. The first kappa shape index (κ1) is 76.7. The molecule has 9 aliphatic rings. The summed E-state index contributed by atoms with van der Waals surface area (Å²) in [4.78, 5) is 91.1. The number of nitrogens with one attached hydrogen (secondary N) is 6. The molecule has 3 amide bonds. The molecule has 0 saturated carbocycles. The third kappa shape index (κ3) is 27.0. The number of piperidine rings is 4. The molecule has 0 atom stereocenters. The molecule has 4 saturated heterocycles. The van der Waals surface area contributed by atoms with Crippen LogP contribution in [0.2, 0.25) is 0 Å². The average Bonchev–Trinajstić information content (AvgIpc) is 1.88. The van der Waals surface area contributed by atoms with E-state index >= 15 is 0 Å². The molecule has 10 rings (SSSR count). The number of methoxy groups -OCH3 is 1. The monoisotopic (exact) mass is 1310 g/mol. The number of aliphatic hydroxyl groups is 1. The number of ketones is 2. The standard InChI is InChI=1S/C16H21N3O2.C16H27N3O.C14H23N3O2.C14H23N3O.C13H21N3O/c1-11(2)19-15-8-13(10-17-15)16(20)18-9-12-6-4-5-7-14(12)21-3;1-4-13-5-7-19(8-6-13)11-15(20)14-9-16(17-10-14)18-12(2)3;1-10(2)16-13-7-12(8-15-13)14(19)17-5-3-11(9-18)4-6-17;1-11(2)16-14-8-12(9-15-14)13(18)10-17-6-4-3-5-7-17;1-10(2)15-12-8-11(9-14-12)13(17)16-6-4-3-5-7-16/h4-8,11H,9-10H2,1-3H3,(H,17,19)(H,18,20);9,12-13H,4-8,10-11H2,1-3H3,(H,17,18);7,10-11,18H,3-6,8-9H2,1-2H3,(H,15,16);8,11H,3-7,9-10H2,1-2H3,(H,15,16);8,10H,3-7,9H2,1-2H3,(H,14,15). The highest BCUT2D eigenvalue weighted by molar-refractivity contribution is 6.10. The molecule has 0 aliphatic carbocycles. The largest absolute Gasteiger partial charge is 0.496 e. The van der Waals surface area contributed by atoms with E-state index in [1.165, 1.54) is 44.9 Å². The van der Waals surface area contributed by atoms with Crippen LogP contribution in [0.5, 0.6) is 5.75 Å². The molecule has 9 aliphatic heterocycles. The van der Waals surface area contributed by atoms with Crippen LogP contribution in [0.25, 0.3) is 0 Å². The number of ether oxygens (including phenoxy) is 1. The highest BCUT2D eigenvalue weighted by Crippen LogP contribution is 2.23. The zero-order chi connectivity index (χ0) is 68.8. The number of nitrogens with zero attached hydrogens (tertiary/aromatic N) is 9. The maximum absolute atomic E-state index is 12.3. The van der Waals surface area contributed by atoms with E-state index in [-0.39, 0.29) is 35.9 Å². The van der Waals surface area contributed by atoms with Gasteiger partial charge in [0.25, 0.3) is 11.8 Å². The molecule has 0 spiro atoms. The first-order valence-corrected chi connectivity index (χ1v) is 35.3. The van der Waals surface area contributed by atoms with Crippen LogP contribution < -0.4 is 36.6 Å². The van der Waals surface area contributed by atoms with Crippen molar-refractivity contribution in [2.24, 2.45) is 36.8 Å². The number of carbonyl (C=O) groups excluding carboxylic acids is 5. The van der Waals surface area contributed by atoms with Gasteiger partial charge in [-0.15, -0.1) is 0 Å². The number of para-hydroxylation sites is 1. The maximum atomic E-state index is 12.3. The number of benzene rings is 1. The van der Waals surface area contributed by atoms with Gasteiger partial charge in [-0.2, -0.15) is 0 Å². The Morgan fingerprint density at radius 1 is 0.474 bits per heavy atom. The minimum absolute atomic E-state index is 0.0924. The van der Waals surface area contributed by atoms with Gasteiger partial charge in [0.1, 0.15) is 34.9 Å². The third-order valence-electron chi connectivity index (χ3n) is 17.3. The summed E-state index contributed by atoms with van der Waals surface area (Å²) in [6.45, 7) is 34.8. The van der Waals surface area contributed by atoms with Crippen LogP contribution in [0.15, 0.2) is 107 Å². The Kier molecular flexibility index (Phi) is 32.5. The molecule has 1 aromatic rings. The highest BCUT2D eigenvalue weighted by Gasteiger charge is 2.28. The van der Waals surface area contributed by atoms with E-state index in [1.54, 1.807) is 13.2 Å². The van der Waals surface area contributed by atoms with Crippen molar-refractivity contribution in [2.45, 2.75) is 184 Å². The molecule has 0 bridgehead atoms. The lowest BCUT2D eigenvalue weighted by Gasteiger charge is -2.31. The minimum Gasteiger partial charge on any atom is -0.496 e. The van der Waals surface area contributed by atoms with Crippen molar-refractivity contribution < 1.29 is 33.8 Å². The first-order chi connectivity index (χ1) is 45.6. The van der Waals surface area contributed by atoms with Gasteiger partial charge in [0, 0.05) is 103 Å². The Hall–Kier alpha value is -7.30. The van der Waals surface area contributed by atoms with Gasteiger partial charge in [-0.1, -0.05) is 38.0 Å². The number of amides is 3. The van der Waals surface area contributed by atoms with Gasteiger partial charge in [-0.25, -0.2) is 0 Å². The average molecular weight is 1310 g/mol.